The van der Waals surface area contributed by atoms with E-state index in [1.165, 1.54) is 89.9 Å². The molecule has 0 aliphatic carbocycles. The number of hydrogen-bond donors (Lipinski definition) is 0. The second-order valence-corrected chi connectivity index (χ2v) is 11.0. The van der Waals surface area contributed by atoms with Gasteiger partial charge in [0.1, 0.15) is 11.6 Å². The van der Waals surface area contributed by atoms with Crippen molar-refractivity contribution in [2.75, 3.05) is 0 Å². The van der Waals surface area contributed by atoms with Gasteiger partial charge in [0, 0.05) is 12.8 Å². The van der Waals surface area contributed by atoms with Crippen LogP contribution in [0.3, 0.4) is 0 Å². The van der Waals surface area contributed by atoms with Gasteiger partial charge in [0.2, 0.25) is 0 Å². The molecule has 0 N–H and O–H groups in total. The van der Waals surface area contributed by atoms with Crippen molar-refractivity contribution in [2.45, 2.75) is 169 Å². The molecule has 2 nitrogen and oxygen atoms in total. The number of hydrogen-bond acceptors (Lipinski definition) is 2. The quantitative estimate of drug-likeness (QED) is 0.0747. The minimum Gasteiger partial charge on any atom is -0.300 e. The van der Waals surface area contributed by atoms with E-state index in [0.717, 1.165) is 51.4 Å². The van der Waals surface area contributed by atoms with Gasteiger partial charge in [-0.2, -0.15) is 0 Å². The monoisotopic (exact) mass is 555 g/mol. The Morgan fingerprint density at radius 3 is 1.10 bits per heavy atom. The van der Waals surface area contributed by atoms with Crippen LogP contribution in [0.1, 0.15) is 169 Å². The van der Waals surface area contributed by atoms with Crippen LogP contribution in [-0.4, -0.2) is 11.6 Å². The molecular formula is C38H66O2. The molecule has 0 rings (SSSR count). The minimum absolute atomic E-state index is 0.325. The topological polar surface area (TPSA) is 34.1 Å². The molecule has 0 amide bonds. The molecule has 0 aliphatic rings. The van der Waals surface area contributed by atoms with Crippen LogP contribution in [0.2, 0.25) is 0 Å². The maximum atomic E-state index is 10.8. The number of unbranched alkanes of at least 4 members (excludes halogenated alkanes) is 13. The number of rotatable bonds is 27. The second-order valence-electron chi connectivity index (χ2n) is 11.0. The smallest absolute Gasteiger partial charge is 0.129 e. The zero-order valence-electron chi connectivity index (χ0n) is 27.1. The molecule has 0 saturated carbocycles. The van der Waals surface area contributed by atoms with E-state index in [1.54, 1.807) is 13.8 Å². The Hall–Kier alpha value is -1.96. The van der Waals surface area contributed by atoms with Crippen LogP contribution in [0.15, 0.2) is 60.8 Å². The first kappa shape index (κ1) is 40.2. The molecule has 2 heteroatoms. The average Bonchev–Trinajstić information content (AvgIpc) is 2.93. The summed E-state index contributed by atoms with van der Waals surface area (Å²) in [6, 6.07) is 0. The van der Waals surface area contributed by atoms with Crippen LogP contribution in [0.25, 0.3) is 0 Å². The van der Waals surface area contributed by atoms with E-state index in [9.17, 15) is 9.59 Å². The summed E-state index contributed by atoms with van der Waals surface area (Å²) in [5.74, 6) is 0.654. The molecule has 0 fully saturated rings. The minimum atomic E-state index is 0.325. The normalized spacial score (nSPS) is 11.9. The first-order valence-corrected chi connectivity index (χ1v) is 16.8. The Bertz CT molecular complexity index is 678. The predicted octanol–water partition coefficient (Wildman–Crippen LogP) is 12.6. The molecule has 0 unspecified atom stereocenters. The lowest BCUT2D eigenvalue weighted by Crippen LogP contribution is -1.89. The Balaban J connectivity index is 0. The maximum Gasteiger partial charge on any atom is 0.129 e. The summed E-state index contributed by atoms with van der Waals surface area (Å²) < 4.78 is 0. The summed E-state index contributed by atoms with van der Waals surface area (Å²) in [5.41, 5.74) is 0. The zero-order chi connectivity index (χ0) is 29.8. The summed E-state index contributed by atoms with van der Waals surface area (Å²) in [6.07, 6.45) is 48.4. The molecule has 0 aromatic rings. The molecule has 40 heavy (non-hydrogen) atoms. The fourth-order valence-corrected chi connectivity index (χ4v) is 4.18. The van der Waals surface area contributed by atoms with Gasteiger partial charge in [-0.25, -0.2) is 0 Å². The largest absolute Gasteiger partial charge is 0.300 e. The van der Waals surface area contributed by atoms with Gasteiger partial charge in [-0.05, 0) is 90.9 Å². The Labute approximate surface area is 250 Å². The summed E-state index contributed by atoms with van der Waals surface area (Å²) in [6.45, 7) is 7.77. The Morgan fingerprint density at radius 1 is 0.400 bits per heavy atom. The van der Waals surface area contributed by atoms with Gasteiger partial charge >= 0.3 is 0 Å². The molecule has 0 heterocycles. The number of carbonyl (C=O) groups is 2. The third-order valence-electron chi connectivity index (χ3n) is 6.66. The van der Waals surface area contributed by atoms with Crippen molar-refractivity contribution in [3.63, 3.8) is 0 Å². The van der Waals surface area contributed by atoms with Gasteiger partial charge in [0.25, 0.3) is 0 Å². The summed E-state index contributed by atoms with van der Waals surface area (Å²) in [7, 11) is 0. The van der Waals surface area contributed by atoms with E-state index in [-0.39, 0.29) is 0 Å². The molecule has 0 spiro atoms. The highest BCUT2D eigenvalue weighted by Gasteiger charge is 1.94. The lowest BCUT2D eigenvalue weighted by Gasteiger charge is -1.98. The van der Waals surface area contributed by atoms with Gasteiger partial charge in [-0.3, -0.25) is 0 Å². The fourth-order valence-electron chi connectivity index (χ4n) is 4.18. The lowest BCUT2D eigenvalue weighted by molar-refractivity contribution is -0.117. The Kier molecular flexibility index (Phi) is 37.2. The van der Waals surface area contributed by atoms with Crippen LogP contribution in [0.4, 0.5) is 0 Å². The van der Waals surface area contributed by atoms with Crippen LogP contribution in [0.5, 0.6) is 0 Å². The number of ketones is 2. The van der Waals surface area contributed by atoms with Gasteiger partial charge in [-0.15, -0.1) is 0 Å². The van der Waals surface area contributed by atoms with E-state index in [4.69, 9.17) is 0 Å². The Morgan fingerprint density at radius 2 is 0.725 bits per heavy atom. The molecule has 0 aliphatic heterocycles. The van der Waals surface area contributed by atoms with Crippen molar-refractivity contribution < 1.29 is 9.59 Å². The molecule has 0 atom stereocenters. The second kappa shape index (κ2) is 37.0. The van der Waals surface area contributed by atoms with Crippen molar-refractivity contribution in [1.82, 2.24) is 0 Å². The molecule has 0 saturated heterocycles. The van der Waals surface area contributed by atoms with E-state index < -0.39 is 0 Å². The number of allylic oxidation sites excluding steroid dienone is 10. The SMILES string of the molecule is CC/C=C\C/C=C\C/C=C\CCCCCCCC(C)=O.CCCCC/C=C\C/C=C\CCCCCCCC(C)=O. The van der Waals surface area contributed by atoms with Gasteiger partial charge in [-0.1, -0.05) is 126 Å². The molecule has 0 aromatic carbocycles. The van der Waals surface area contributed by atoms with Crippen LogP contribution >= 0.6 is 0 Å². The van der Waals surface area contributed by atoms with Gasteiger partial charge < -0.3 is 9.59 Å². The molecule has 0 aromatic heterocycles. The average molecular weight is 555 g/mol. The maximum absolute atomic E-state index is 10.8. The predicted molar refractivity (Wildman–Crippen MR) is 180 cm³/mol. The number of Topliss-reactive ketones (excluding diaryl/α,β-unsaturated/α-hetero) is 2. The summed E-state index contributed by atoms with van der Waals surface area (Å²) in [5, 5.41) is 0. The van der Waals surface area contributed by atoms with Crippen molar-refractivity contribution >= 4 is 11.6 Å². The highest BCUT2D eigenvalue weighted by molar-refractivity contribution is 5.75. The number of carbonyl (C=O) groups excluding carboxylic acids is 2. The highest BCUT2D eigenvalue weighted by Crippen LogP contribution is 2.09. The van der Waals surface area contributed by atoms with E-state index in [2.05, 4.69) is 74.6 Å². The molecular weight excluding hydrogens is 488 g/mol. The molecule has 0 radical (unpaired) electrons. The van der Waals surface area contributed by atoms with Crippen molar-refractivity contribution in [3.8, 4) is 0 Å². The van der Waals surface area contributed by atoms with Crippen molar-refractivity contribution in [1.29, 1.82) is 0 Å². The first-order valence-electron chi connectivity index (χ1n) is 16.8. The third-order valence-corrected chi connectivity index (χ3v) is 6.66. The van der Waals surface area contributed by atoms with Crippen LogP contribution < -0.4 is 0 Å². The van der Waals surface area contributed by atoms with E-state index in [0.29, 0.717) is 11.6 Å². The first-order chi connectivity index (χ1) is 19.5. The van der Waals surface area contributed by atoms with Gasteiger partial charge in [0.15, 0.2) is 0 Å². The summed E-state index contributed by atoms with van der Waals surface area (Å²) >= 11 is 0. The fraction of sp³-hybridized carbons (Fsp3) is 0.684. The van der Waals surface area contributed by atoms with Gasteiger partial charge in [0.05, 0.1) is 0 Å². The zero-order valence-corrected chi connectivity index (χ0v) is 27.1. The summed E-state index contributed by atoms with van der Waals surface area (Å²) in [4.78, 5) is 21.5. The van der Waals surface area contributed by atoms with Crippen LogP contribution in [-0.2, 0) is 9.59 Å². The molecule has 0 bridgehead atoms. The third kappa shape index (κ3) is 43.1. The molecule has 230 valence electrons. The van der Waals surface area contributed by atoms with Crippen molar-refractivity contribution in [2.24, 2.45) is 0 Å². The standard InChI is InChI=1S/C19H34O.C19H32O/c2*1-3-4-5-6-7-8-9-10-11-12-13-14-15-16-17-18-19(2)20/h7-8,10-11H,3-6,9,12-18H2,1-2H3;4-5,7-8,10-11H,3,6,9,12-18H2,1-2H3/b8-7-,11-10-;5-4-,8-7-,11-10-. The van der Waals surface area contributed by atoms with E-state index >= 15 is 0 Å². The van der Waals surface area contributed by atoms with Crippen molar-refractivity contribution in [3.05, 3.63) is 60.8 Å². The highest BCUT2D eigenvalue weighted by atomic mass is 16.1. The van der Waals surface area contributed by atoms with E-state index in [1.807, 2.05) is 0 Å². The lowest BCUT2D eigenvalue weighted by atomic mass is 10.1. The van der Waals surface area contributed by atoms with Crippen LogP contribution in [0, 0.1) is 0 Å².